The summed E-state index contributed by atoms with van der Waals surface area (Å²) in [5.41, 5.74) is 0. The Kier molecular flexibility index (Phi) is 6.53. The van der Waals surface area contributed by atoms with Crippen LogP contribution in [-0.2, 0) is 21.2 Å². The SMILES string of the molecule is O=C(Cc1ccc(S(=O)(=O)N2CCCCC2)s1)N1CCCN(c2nccs2)CC1. The first-order chi connectivity index (χ1) is 14.0. The van der Waals surface area contributed by atoms with E-state index in [1.165, 1.54) is 11.3 Å². The van der Waals surface area contributed by atoms with Crippen LogP contribution >= 0.6 is 22.7 Å². The predicted molar refractivity (Wildman–Crippen MR) is 116 cm³/mol. The number of thiophene rings is 1. The second-order valence-electron chi connectivity index (χ2n) is 7.40. The highest BCUT2D eigenvalue weighted by molar-refractivity contribution is 7.91. The summed E-state index contributed by atoms with van der Waals surface area (Å²) in [5.74, 6) is 0.0646. The molecular formula is C19H26N4O3S3. The lowest BCUT2D eigenvalue weighted by Gasteiger charge is -2.25. The second kappa shape index (κ2) is 9.11. The normalized spacial score (nSPS) is 19.3. The Balaban J connectivity index is 1.36. The van der Waals surface area contributed by atoms with Gasteiger partial charge in [-0.25, -0.2) is 13.4 Å². The number of hydrogen-bond acceptors (Lipinski definition) is 7. The lowest BCUT2D eigenvalue weighted by Crippen LogP contribution is -2.36. The largest absolute Gasteiger partial charge is 0.346 e. The van der Waals surface area contributed by atoms with Gasteiger partial charge in [-0.15, -0.1) is 22.7 Å². The topological polar surface area (TPSA) is 73.8 Å². The molecule has 7 nitrogen and oxygen atoms in total. The molecule has 0 atom stereocenters. The van der Waals surface area contributed by atoms with E-state index in [0.29, 0.717) is 23.8 Å². The van der Waals surface area contributed by atoms with Crippen molar-refractivity contribution in [3.63, 3.8) is 0 Å². The Labute approximate surface area is 180 Å². The molecule has 0 spiro atoms. The zero-order valence-corrected chi connectivity index (χ0v) is 18.8. The van der Waals surface area contributed by atoms with E-state index in [1.54, 1.807) is 34.0 Å². The first-order valence-electron chi connectivity index (χ1n) is 10.0. The van der Waals surface area contributed by atoms with E-state index in [1.807, 2.05) is 10.3 Å². The number of carbonyl (C=O) groups excluding carboxylic acids is 1. The molecule has 0 aliphatic carbocycles. The summed E-state index contributed by atoms with van der Waals surface area (Å²) >= 11 is 2.85. The molecule has 4 rings (SSSR count). The Morgan fingerprint density at radius 1 is 1.00 bits per heavy atom. The summed E-state index contributed by atoms with van der Waals surface area (Å²) in [6.45, 7) is 4.26. The van der Waals surface area contributed by atoms with Crippen molar-refractivity contribution in [3.8, 4) is 0 Å². The van der Waals surface area contributed by atoms with Crippen LogP contribution in [0.5, 0.6) is 0 Å². The van der Waals surface area contributed by atoms with Gasteiger partial charge in [0.05, 0.1) is 6.42 Å². The van der Waals surface area contributed by atoms with Crippen molar-refractivity contribution in [1.82, 2.24) is 14.2 Å². The summed E-state index contributed by atoms with van der Waals surface area (Å²) in [5, 5.41) is 2.97. The molecule has 0 N–H and O–H groups in total. The first-order valence-corrected chi connectivity index (χ1v) is 13.2. The molecule has 2 aliphatic heterocycles. The van der Waals surface area contributed by atoms with E-state index in [0.717, 1.165) is 55.3 Å². The first kappa shape index (κ1) is 20.8. The zero-order chi connectivity index (χ0) is 20.3. The van der Waals surface area contributed by atoms with Crippen LogP contribution in [0.3, 0.4) is 0 Å². The molecule has 4 heterocycles. The highest BCUT2D eigenvalue weighted by Gasteiger charge is 2.28. The summed E-state index contributed by atoms with van der Waals surface area (Å²) < 4.78 is 27.6. The van der Waals surface area contributed by atoms with Crippen LogP contribution in [0.2, 0.25) is 0 Å². The number of piperidine rings is 1. The van der Waals surface area contributed by atoms with Gasteiger partial charge in [0.15, 0.2) is 5.13 Å². The fourth-order valence-corrected chi connectivity index (χ4v) is 7.53. The van der Waals surface area contributed by atoms with Crippen molar-refractivity contribution >= 4 is 43.7 Å². The predicted octanol–water partition coefficient (Wildman–Crippen LogP) is 2.66. The van der Waals surface area contributed by atoms with Gasteiger partial charge < -0.3 is 9.80 Å². The van der Waals surface area contributed by atoms with E-state index < -0.39 is 10.0 Å². The molecule has 1 amide bonds. The Morgan fingerprint density at radius 3 is 2.59 bits per heavy atom. The molecule has 158 valence electrons. The number of carbonyl (C=O) groups is 1. The van der Waals surface area contributed by atoms with Crippen molar-refractivity contribution in [3.05, 3.63) is 28.6 Å². The molecule has 10 heteroatoms. The van der Waals surface area contributed by atoms with Gasteiger partial charge >= 0.3 is 0 Å². The highest BCUT2D eigenvalue weighted by atomic mass is 32.2. The molecule has 0 radical (unpaired) electrons. The molecule has 2 saturated heterocycles. The Hall–Kier alpha value is -1.49. The van der Waals surface area contributed by atoms with Gasteiger partial charge in [0.2, 0.25) is 5.91 Å². The number of amides is 1. The average Bonchev–Trinajstić information content (AvgIpc) is 3.37. The standard InChI is InChI=1S/C19H26N4O3S3/c24-17(21-8-4-9-22(13-12-21)19-20-7-14-27-19)15-16-5-6-18(28-16)29(25,26)23-10-2-1-3-11-23/h5-7,14H,1-4,8-13,15H2. The fourth-order valence-electron chi connectivity index (χ4n) is 3.82. The summed E-state index contributed by atoms with van der Waals surface area (Å²) in [6, 6.07) is 3.45. The third kappa shape index (κ3) is 4.82. The van der Waals surface area contributed by atoms with E-state index in [9.17, 15) is 13.2 Å². The molecule has 2 aromatic rings. The Bertz CT molecular complexity index is 920. The van der Waals surface area contributed by atoms with Gasteiger partial charge in [-0.05, 0) is 31.4 Å². The van der Waals surface area contributed by atoms with Crippen LogP contribution in [0.25, 0.3) is 0 Å². The van der Waals surface area contributed by atoms with E-state index in [2.05, 4.69) is 9.88 Å². The summed E-state index contributed by atoms with van der Waals surface area (Å²) in [6.07, 6.45) is 5.90. The molecule has 2 aliphatic rings. The van der Waals surface area contributed by atoms with Crippen LogP contribution < -0.4 is 4.90 Å². The highest BCUT2D eigenvalue weighted by Crippen LogP contribution is 2.28. The smallest absolute Gasteiger partial charge is 0.252 e. The number of sulfonamides is 1. The van der Waals surface area contributed by atoms with Gasteiger partial charge in [-0.1, -0.05) is 6.42 Å². The van der Waals surface area contributed by atoms with Crippen LogP contribution in [0.1, 0.15) is 30.6 Å². The maximum atomic E-state index is 12.8. The van der Waals surface area contributed by atoms with Gasteiger partial charge in [0.1, 0.15) is 4.21 Å². The third-order valence-electron chi connectivity index (χ3n) is 5.41. The van der Waals surface area contributed by atoms with Crippen molar-refractivity contribution in [1.29, 1.82) is 0 Å². The maximum absolute atomic E-state index is 12.8. The van der Waals surface area contributed by atoms with E-state index in [-0.39, 0.29) is 12.3 Å². The molecule has 0 saturated carbocycles. The van der Waals surface area contributed by atoms with Gasteiger partial charge in [-0.2, -0.15) is 4.31 Å². The molecule has 0 bridgehead atoms. The van der Waals surface area contributed by atoms with Crippen LogP contribution in [0.15, 0.2) is 27.9 Å². The quantitative estimate of drug-likeness (QED) is 0.694. The van der Waals surface area contributed by atoms with Crippen LogP contribution in [0, 0.1) is 0 Å². The minimum Gasteiger partial charge on any atom is -0.346 e. The van der Waals surface area contributed by atoms with E-state index in [4.69, 9.17) is 0 Å². The van der Waals surface area contributed by atoms with Crippen molar-refractivity contribution < 1.29 is 13.2 Å². The lowest BCUT2D eigenvalue weighted by atomic mass is 10.2. The number of aromatic nitrogens is 1. The third-order valence-corrected chi connectivity index (χ3v) is 9.69. The number of anilines is 1. The van der Waals surface area contributed by atoms with Crippen LogP contribution in [-0.4, -0.2) is 67.8 Å². The zero-order valence-electron chi connectivity index (χ0n) is 16.3. The van der Waals surface area contributed by atoms with Gasteiger partial charge in [0.25, 0.3) is 10.0 Å². The summed E-state index contributed by atoms with van der Waals surface area (Å²) in [4.78, 5) is 22.1. The van der Waals surface area contributed by atoms with Crippen LogP contribution in [0.4, 0.5) is 5.13 Å². The van der Waals surface area contributed by atoms with Gasteiger partial charge in [-0.3, -0.25) is 4.79 Å². The van der Waals surface area contributed by atoms with Gasteiger partial charge in [0, 0.05) is 55.7 Å². The maximum Gasteiger partial charge on any atom is 0.252 e. The number of nitrogens with zero attached hydrogens (tertiary/aromatic N) is 4. The van der Waals surface area contributed by atoms with Crippen molar-refractivity contribution in [2.45, 2.75) is 36.3 Å². The summed E-state index contributed by atoms with van der Waals surface area (Å²) in [7, 11) is -3.43. The number of hydrogen-bond donors (Lipinski definition) is 0. The molecular weight excluding hydrogens is 428 g/mol. The van der Waals surface area contributed by atoms with E-state index >= 15 is 0 Å². The molecule has 29 heavy (non-hydrogen) atoms. The monoisotopic (exact) mass is 454 g/mol. The molecule has 0 unspecified atom stereocenters. The minimum absolute atomic E-state index is 0.0646. The second-order valence-corrected chi connectivity index (χ2v) is 11.6. The van der Waals surface area contributed by atoms with Crippen molar-refractivity contribution in [2.24, 2.45) is 0 Å². The Morgan fingerprint density at radius 2 is 1.83 bits per heavy atom. The lowest BCUT2D eigenvalue weighted by molar-refractivity contribution is -0.130. The number of rotatable bonds is 5. The van der Waals surface area contributed by atoms with Crippen molar-refractivity contribution in [2.75, 3.05) is 44.2 Å². The molecule has 2 aromatic heterocycles. The molecule has 2 fully saturated rings. The fraction of sp³-hybridized carbons (Fsp3) is 0.579. The number of thiazole rings is 1. The molecule has 0 aromatic carbocycles. The minimum atomic E-state index is -3.43. The average molecular weight is 455 g/mol.